The number of carbonyl (C=O) groups excluding carboxylic acids is 2. The van der Waals surface area contributed by atoms with Crippen LogP contribution in [0.5, 0.6) is 0 Å². The summed E-state index contributed by atoms with van der Waals surface area (Å²) in [6.07, 6.45) is 56.6. The molecule has 8 nitrogen and oxygen atoms in total. The van der Waals surface area contributed by atoms with Gasteiger partial charge in [0.15, 0.2) is 12.1 Å². The molecule has 0 fully saturated rings. The van der Waals surface area contributed by atoms with Crippen molar-refractivity contribution in [3.63, 3.8) is 0 Å². The van der Waals surface area contributed by atoms with Crippen LogP contribution in [0.1, 0.15) is 271 Å². The third kappa shape index (κ3) is 46.7. The number of hydrogen-bond acceptors (Lipinski definition) is 6. The van der Waals surface area contributed by atoms with Crippen LogP contribution in [0.3, 0.4) is 0 Å². The zero-order valence-electron chi connectivity index (χ0n) is 43.7. The molecule has 0 bridgehead atoms. The number of likely N-dealkylation sites (N-methyl/N-ethyl adjacent to an activating group) is 1. The highest BCUT2D eigenvalue weighted by molar-refractivity contribution is 5.72. The SMILES string of the molecule is CCCCCCC/C=C\C/C=C\CCCCCCCCCCCC(=O)OC(COCCC(C(=O)O)[N+](C)(C)C)COC(=O)CCCCCCCCCCCCCCCCCCCCCC. The van der Waals surface area contributed by atoms with Gasteiger partial charge in [-0.1, -0.05) is 231 Å². The Morgan fingerprint density at radius 1 is 0.462 bits per heavy atom. The Morgan fingerprint density at radius 2 is 0.815 bits per heavy atom. The number of rotatable bonds is 51. The summed E-state index contributed by atoms with van der Waals surface area (Å²) in [4.78, 5) is 37.2. The first-order chi connectivity index (χ1) is 31.6. The normalized spacial score (nSPS) is 12.9. The van der Waals surface area contributed by atoms with Gasteiger partial charge < -0.3 is 23.8 Å². The second kappa shape index (κ2) is 48.3. The van der Waals surface area contributed by atoms with Crippen molar-refractivity contribution in [2.24, 2.45) is 0 Å². The van der Waals surface area contributed by atoms with Gasteiger partial charge in [0.1, 0.15) is 6.61 Å². The molecule has 0 spiro atoms. The summed E-state index contributed by atoms with van der Waals surface area (Å²) in [7, 11) is 5.55. The molecule has 0 rings (SSSR count). The van der Waals surface area contributed by atoms with Gasteiger partial charge in [-0.25, -0.2) is 4.79 Å². The monoisotopic (exact) mass is 919 g/mol. The second-order valence-electron chi connectivity index (χ2n) is 20.2. The van der Waals surface area contributed by atoms with Crippen LogP contribution in [0.25, 0.3) is 0 Å². The first-order valence-corrected chi connectivity index (χ1v) is 27.9. The minimum Gasteiger partial charge on any atom is -0.477 e. The highest BCUT2D eigenvalue weighted by Gasteiger charge is 2.31. The van der Waals surface area contributed by atoms with Crippen LogP contribution in [-0.2, 0) is 28.6 Å². The zero-order chi connectivity index (χ0) is 47.7. The summed E-state index contributed by atoms with van der Waals surface area (Å²) in [6, 6.07) is -0.613. The average Bonchev–Trinajstić information content (AvgIpc) is 3.27. The number of carbonyl (C=O) groups is 3. The van der Waals surface area contributed by atoms with Crippen molar-refractivity contribution in [1.82, 2.24) is 0 Å². The lowest BCUT2D eigenvalue weighted by atomic mass is 10.0. The van der Waals surface area contributed by atoms with Crippen LogP contribution in [-0.4, -0.2) is 80.6 Å². The molecule has 0 aromatic rings. The molecule has 2 atom stereocenters. The number of allylic oxidation sites excluding steroid dienone is 4. The van der Waals surface area contributed by atoms with Gasteiger partial charge in [0, 0.05) is 19.3 Å². The van der Waals surface area contributed by atoms with Crippen molar-refractivity contribution in [1.29, 1.82) is 0 Å². The topological polar surface area (TPSA) is 99.1 Å². The Hall–Kier alpha value is -2.19. The quantitative estimate of drug-likeness (QED) is 0.0281. The minimum atomic E-state index is -0.871. The maximum Gasteiger partial charge on any atom is 0.362 e. The van der Waals surface area contributed by atoms with E-state index in [-0.39, 0.29) is 36.2 Å². The van der Waals surface area contributed by atoms with E-state index in [2.05, 4.69) is 38.2 Å². The van der Waals surface area contributed by atoms with Crippen LogP contribution in [0.4, 0.5) is 0 Å². The molecular weight excluding hydrogens is 811 g/mol. The summed E-state index contributed by atoms with van der Waals surface area (Å²) in [5, 5.41) is 9.67. The summed E-state index contributed by atoms with van der Waals surface area (Å²) in [6.45, 7) is 4.78. The van der Waals surface area contributed by atoms with E-state index in [1.165, 1.54) is 193 Å². The van der Waals surface area contributed by atoms with Gasteiger partial charge in [0.2, 0.25) is 0 Å². The second-order valence-corrected chi connectivity index (χ2v) is 20.2. The molecule has 0 aliphatic heterocycles. The van der Waals surface area contributed by atoms with Crippen molar-refractivity contribution in [3.05, 3.63) is 24.3 Å². The Balaban J connectivity index is 4.17. The molecule has 0 aliphatic rings. The Labute approximate surface area is 402 Å². The van der Waals surface area contributed by atoms with Gasteiger partial charge in [-0.05, 0) is 44.9 Å². The zero-order valence-corrected chi connectivity index (χ0v) is 43.7. The molecule has 0 aliphatic carbocycles. The van der Waals surface area contributed by atoms with Crippen molar-refractivity contribution < 1.29 is 38.2 Å². The number of carboxylic acid groups (broad SMARTS) is 1. The molecule has 0 saturated carbocycles. The lowest BCUT2D eigenvalue weighted by molar-refractivity contribution is -0.887. The number of ether oxygens (including phenoxy) is 3. The lowest BCUT2D eigenvalue weighted by Gasteiger charge is -2.31. The number of carboxylic acids is 1. The fraction of sp³-hybridized carbons (Fsp3) is 0.877. The predicted octanol–water partition coefficient (Wildman–Crippen LogP) is 16.4. The van der Waals surface area contributed by atoms with E-state index in [1.54, 1.807) is 0 Å². The summed E-state index contributed by atoms with van der Waals surface area (Å²) >= 11 is 0. The molecule has 0 radical (unpaired) electrons. The van der Waals surface area contributed by atoms with Crippen molar-refractivity contribution >= 4 is 17.9 Å². The van der Waals surface area contributed by atoms with Gasteiger partial charge in [-0.15, -0.1) is 0 Å². The maximum atomic E-state index is 12.8. The van der Waals surface area contributed by atoms with Crippen LogP contribution in [0.2, 0.25) is 0 Å². The predicted molar refractivity (Wildman–Crippen MR) is 275 cm³/mol. The lowest BCUT2D eigenvalue weighted by Crippen LogP contribution is -2.50. The van der Waals surface area contributed by atoms with Crippen LogP contribution >= 0.6 is 0 Å². The molecule has 0 aromatic heterocycles. The third-order valence-electron chi connectivity index (χ3n) is 12.9. The number of nitrogens with zero attached hydrogens (tertiary/aromatic N) is 1. The van der Waals surface area contributed by atoms with Crippen molar-refractivity contribution in [2.75, 3.05) is 41.0 Å². The smallest absolute Gasteiger partial charge is 0.362 e. The van der Waals surface area contributed by atoms with Crippen LogP contribution < -0.4 is 0 Å². The van der Waals surface area contributed by atoms with E-state index < -0.39 is 18.1 Å². The molecule has 2 unspecified atom stereocenters. The number of esters is 2. The molecule has 0 amide bonds. The van der Waals surface area contributed by atoms with E-state index in [4.69, 9.17) is 14.2 Å². The van der Waals surface area contributed by atoms with Crippen LogP contribution in [0, 0.1) is 0 Å². The molecule has 0 saturated heterocycles. The Morgan fingerprint density at radius 3 is 1.18 bits per heavy atom. The molecule has 65 heavy (non-hydrogen) atoms. The first-order valence-electron chi connectivity index (χ1n) is 27.9. The van der Waals surface area contributed by atoms with Gasteiger partial charge in [0.05, 0.1) is 34.4 Å². The van der Waals surface area contributed by atoms with Gasteiger partial charge in [-0.2, -0.15) is 0 Å². The van der Waals surface area contributed by atoms with E-state index in [9.17, 15) is 19.5 Å². The van der Waals surface area contributed by atoms with Crippen LogP contribution in [0.15, 0.2) is 24.3 Å². The molecule has 0 aromatic carbocycles. The molecule has 0 heterocycles. The summed E-state index contributed by atoms with van der Waals surface area (Å²) in [5.41, 5.74) is 0. The Bertz CT molecular complexity index is 1120. The fourth-order valence-electron chi connectivity index (χ4n) is 8.54. The fourth-order valence-corrected chi connectivity index (χ4v) is 8.54. The van der Waals surface area contributed by atoms with Crippen molar-refractivity contribution in [3.8, 4) is 0 Å². The molecular formula is C57H108NO7+. The van der Waals surface area contributed by atoms with Gasteiger partial charge in [-0.3, -0.25) is 9.59 Å². The number of unbranched alkanes of at least 4 members (excludes halogenated alkanes) is 33. The minimum absolute atomic E-state index is 0.0472. The number of hydrogen-bond donors (Lipinski definition) is 1. The summed E-state index contributed by atoms with van der Waals surface area (Å²) < 4.78 is 17.4. The maximum absolute atomic E-state index is 12.8. The van der Waals surface area contributed by atoms with Gasteiger partial charge in [0.25, 0.3) is 0 Å². The summed E-state index contributed by atoms with van der Waals surface area (Å²) in [5.74, 6) is -1.45. The largest absolute Gasteiger partial charge is 0.477 e. The average molecular weight is 919 g/mol. The molecule has 1 N–H and O–H groups in total. The van der Waals surface area contributed by atoms with E-state index in [0.29, 0.717) is 19.3 Å². The van der Waals surface area contributed by atoms with E-state index >= 15 is 0 Å². The molecule has 8 heteroatoms. The number of quaternary nitrogens is 1. The highest BCUT2D eigenvalue weighted by Crippen LogP contribution is 2.17. The first kappa shape index (κ1) is 62.8. The van der Waals surface area contributed by atoms with E-state index in [1.807, 2.05) is 21.1 Å². The highest BCUT2D eigenvalue weighted by atomic mass is 16.6. The van der Waals surface area contributed by atoms with E-state index in [0.717, 1.165) is 44.9 Å². The van der Waals surface area contributed by atoms with Crippen molar-refractivity contribution in [2.45, 2.75) is 283 Å². The number of aliphatic carboxylic acids is 1. The molecule has 382 valence electrons. The third-order valence-corrected chi connectivity index (χ3v) is 12.9. The van der Waals surface area contributed by atoms with Gasteiger partial charge >= 0.3 is 17.9 Å². The Kier molecular flexibility index (Phi) is 46.6. The standard InChI is InChI=1S/C57H107NO7/c1-6-8-10-12-14-16-18-20-22-24-26-28-30-32-34-36-38-40-42-44-46-48-56(60)65-53(51-63-50-49-54(57(61)62)58(3,4)5)52-64-55(59)47-45-43-41-39-37-35-33-31-29-27-25-23-21-19-17-15-13-11-9-7-2/h18,20,24,26,53-54H,6-17,19,21-23,25,27-52H2,1-5H3/p+1/b20-18-,26-24-.